The topological polar surface area (TPSA) is 40.5 Å². The van der Waals surface area contributed by atoms with Crippen LogP contribution in [-0.2, 0) is 0 Å². The van der Waals surface area contributed by atoms with Crippen molar-refractivity contribution in [2.24, 2.45) is 11.8 Å². The fourth-order valence-corrected chi connectivity index (χ4v) is 2.25. The van der Waals surface area contributed by atoms with Gasteiger partial charge < -0.3 is 10.2 Å². The van der Waals surface area contributed by atoms with Gasteiger partial charge >= 0.3 is 0 Å². The highest BCUT2D eigenvalue weighted by Crippen LogP contribution is 2.31. The largest absolute Gasteiger partial charge is 0.396 e. The van der Waals surface area contributed by atoms with Gasteiger partial charge in [0.25, 0.3) is 0 Å². The normalized spacial score (nSPS) is 36.8. The first kappa shape index (κ1) is 10.0. The highest BCUT2D eigenvalue weighted by molar-refractivity contribution is 4.80. The van der Waals surface area contributed by atoms with Crippen LogP contribution in [-0.4, -0.2) is 22.9 Å². The minimum absolute atomic E-state index is 0.148. The molecule has 0 aliphatic heterocycles. The van der Waals surface area contributed by atoms with Crippen molar-refractivity contribution >= 4 is 0 Å². The van der Waals surface area contributed by atoms with E-state index in [2.05, 4.69) is 6.92 Å². The number of rotatable bonds is 3. The molecular weight excluding hydrogens is 152 g/mol. The maximum Gasteiger partial charge on any atom is 0.0618 e. The van der Waals surface area contributed by atoms with Crippen LogP contribution in [0.25, 0.3) is 0 Å². The van der Waals surface area contributed by atoms with Gasteiger partial charge in [0.2, 0.25) is 0 Å². The molecule has 0 aromatic rings. The molecule has 0 aromatic carbocycles. The smallest absolute Gasteiger partial charge is 0.0618 e. The third-order valence-corrected chi connectivity index (χ3v) is 3.01. The lowest BCUT2D eigenvalue weighted by Crippen LogP contribution is -2.35. The van der Waals surface area contributed by atoms with Crippen molar-refractivity contribution in [2.75, 3.05) is 6.61 Å². The van der Waals surface area contributed by atoms with Crippen LogP contribution in [0.2, 0.25) is 0 Å². The minimum Gasteiger partial charge on any atom is -0.396 e. The van der Waals surface area contributed by atoms with Gasteiger partial charge in [-0.15, -0.1) is 0 Å². The molecule has 0 amide bonds. The van der Waals surface area contributed by atoms with Gasteiger partial charge in [-0.1, -0.05) is 19.8 Å². The summed E-state index contributed by atoms with van der Waals surface area (Å²) in [5, 5.41) is 18.8. The molecule has 1 fully saturated rings. The third kappa shape index (κ3) is 2.20. The Labute approximate surface area is 74.6 Å². The molecule has 0 saturated heterocycles. The van der Waals surface area contributed by atoms with Crippen molar-refractivity contribution in [3.05, 3.63) is 0 Å². The first-order valence-electron chi connectivity index (χ1n) is 5.08. The number of aliphatic hydroxyl groups is 2. The summed E-state index contributed by atoms with van der Waals surface area (Å²) in [6, 6.07) is 0. The summed E-state index contributed by atoms with van der Waals surface area (Å²) >= 11 is 0. The fraction of sp³-hybridized carbons (Fsp3) is 1.00. The summed E-state index contributed by atoms with van der Waals surface area (Å²) < 4.78 is 0. The first-order chi connectivity index (χ1) is 5.79. The van der Waals surface area contributed by atoms with Gasteiger partial charge in [0.15, 0.2) is 0 Å². The molecule has 2 heteroatoms. The van der Waals surface area contributed by atoms with Crippen LogP contribution in [0.1, 0.15) is 39.0 Å². The van der Waals surface area contributed by atoms with Crippen molar-refractivity contribution in [3.63, 3.8) is 0 Å². The van der Waals surface area contributed by atoms with Crippen LogP contribution in [0.5, 0.6) is 0 Å². The molecule has 0 heterocycles. The molecule has 0 bridgehead atoms. The molecular formula is C10H20O2. The Morgan fingerprint density at radius 2 is 1.92 bits per heavy atom. The van der Waals surface area contributed by atoms with Gasteiger partial charge in [-0.2, -0.15) is 0 Å². The van der Waals surface area contributed by atoms with E-state index in [-0.39, 0.29) is 18.6 Å². The van der Waals surface area contributed by atoms with Gasteiger partial charge in [0.05, 0.1) is 6.10 Å². The lowest BCUT2D eigenvalue weighted by atomic mass is 9.77. The zero-order valence-electron chi connectivity index (χ0n) is 7.87. The summed E-state index contributed by atoms with van der Waals surface area (Å²) in [4.78, 5) is 0. The Kier molecular flexibility index (Phi) is 4.02. The Balaban J connectivity index is 2.41. The van der Waals surface area contributed by atoms with E-state index in [0.717, 1.165) is 25.7 Å². The quantitative estimate of drug-likeness (QED) is 0.678. The molecule has 3 unspecified atom stereocenters. The van der Waals surface area contributed by atoms with E-state index in [4.69, 9.17) is 5.11 Å². The Morgan fingerprint density at radius 3 is 2.50 bits per heavy atom. The first-order valence-corrected chi connectivity index (χ1v) is 5.08. The predicted octanol–water partition coefficient (Wildman–Crippen LogP) is 1.56. The zero-order valence-corrected chi connectivity index (χ0v) is 7.87. The lowest BCUT2D eigenvalue weighted by molar-refractivity contribution is -0.0101. The van der Waals surface area contributed by atoms with Gasteiger partial charge in [0.1, 0.15) is 0 Å². The SMILES string of the molecule is CCCC1CCCC(CO)C1O. The minimum atomic E-state index is -0.247. The second-order valence-corrected chi connectivity index (χ2v) is 3.91. The molecule has 1 aliphatic carbocycles. The van der Waals surface area contributed by atoms with E-state index in [9.17, 15) is 5.11 Å². The van der Waals surface area contributed by atoms with Crippen molar-refractivity contribution in [2.45, 2.75) is 45.1 Å². The maximum absolute atomic E-state index is 9.80. The van der Waals surface area contributed by atoms with E-state index >= 15 is 0 Å². The monoisotopic (exact) mass is 172 g/mol. The van der Waals surface area contributed by atoms with Crippen LogP contribution < -0.4 is 0 Å². The second kappa shape index (κ2) is 4.83. The standard InChI is InChI=1S/C10H20O2/c1-2-4-8-5-3-6-9(7-11)10(8)12/h8-12H,2-7H2,1H3. The Morgan fingerprint density at radius 1 is 1.25 bits per heavy atom. The third-order valence-electron chi connectivity index (χ3n) is 3.01. The van der Waals surface area contributed by atoms with E-state index in [0.29, 0.717) is 5.92 Å². The van der Waals surface area contributed by atoms with Crippen LogP contribution >= 0.6 is 0 Å². The number of aliphatic hydroxyl groups excluding tert-OH is 2. The average molecular weight is 172 g/mol. The highest BCUT2D eigenvalue weighted by atomic mass is 16.3. The van der Waals surface area contributed by atoms with Crippen LogP contribution in [0.4, 0.5) is 0 Å². The lowest BCUT2D eigenvalue weighted by Gasteiger charge is -2.33. The van der Waals surface area contributed by atoms with E-state index < -0.39 is 0 Å². The zero-order chi connectivity index (χ0) is 8.97. The fourth-order valence-electron chi connectivity index (χ4n) is 2.25. The molecule has 12 heavy (non-hydrogen) atoms. The molecule has 1 saturated carbocycles. The van der Waals surface area contributed by atoms with E-state index in [1.807, 2.05) is 0 Å². The summed E-state index contributed by atoms with van der Waals surface area (Å²) in [6.45, 7) is 2.30. The molecule has 2 nitrogen and oxygen atoms in total. The summed E-state index contributed by atoms with van der Waals surface area (Å²) in [7, 11) is 0. The average Bonchev–Trinajstić information content (AvgIpc) is 2.09. The molecule has 0 spiro atoms. The van der Waals surface area contributed by atoms with E-state index in [1.165, 1.54) is 6.42 Å². The highest BCUT2D eigenvalue weighted by Gasteiger charge is 2.30. The predicted molar refractivity (Wildman–Crippen MR) is 48.8 cm³/mol. The molecule has 2 N–H and O–H groups in total. The molecule has 1 rings (SSSR count). The van der Waals surface area contributed by atoms with Crippen LogP contribution in [0.15, 0.2) is 0 Å². The van der Waals surface area contributed by atoms with Crippen LogP contribution in [0, 0.1) is 11.8 Å². The van der Waals surface area contributed by atoms with Gasteiger partial charge in [-0.25, -0.2) is 0 Å². The van der Waals surface area contributed by atoms with Gasteiger partial charge in [-0.05, 0) is 25.2 Å². The number of hydrogen-bond acceptors (Lipinski definition) is 2. The van der Waals surface area contributed by atoms with E-state index in [1.54, 1.807) is 0 Å². The van der Waals surface area contributed by atoms with Crippen LogP contribution in [0.3, 0.4) is 0 Å². The summed E-state index contributed by atoms with van der Waals surface area (Å²) in [6.07, 6.45) is 5.32. The van der Waals surface area contributed by atoms with Crippen molar-refractivity contribution in [3.8, 4) is 0 Å². The van der Waals surface area contributed by atoms with Crippen molar-refractivity contribution in [1.82, 2.24) is 0 Å². The molecule has 1 aliphatic rings. The second-order valence-electron chi connectivity index (χ2n) is 3.91. The maximum atomic E-state index is 9.80. The molecule has 0 aromatic heterocycles. The molecule has 0 radical (unpaired) electrons. The van der Waals surface area contributed by atoms with Crippen molar-refractivity contribution in [1.29, 1.82) is 0 Å². The Hall–Kier alpha value is -0.0800. The van der Waals surface area contributed by atoms with Gasteiger partial charge in [0, 0.05) is 12.5 Å². The molecule has 3 atom stereocenters. The summed E-state index contributed by atoms with van der Waals surface area (Å²) in [5.41, 5.74) is 0. The van der Waals surface area contributed by atoms with Gasteiger partial charge in [-0.3, -0.25) is 0 Å². The van der Waals surface area contributed by atoms with Crippen molar-refractivity contribution < 1.29 is 10.2 Å². The number of hydrogen-bond donors (Lipinski definition) is 2. The summed E-state index contributed by atoms with van der Waals surface area (Å²) in [5.74, 6) is 0.594. The Bertz CT molecular complexity index is 123. The molecule has 72 valence electrons.